The highest BCUT2D eigenvalue weighted by molar-refractivity contribution is 6.56. The number of rotatable bonds is 9. The average Bonchev–Trinajstić information content (AvgIpc) is 2.47. The van der Waals surface area contributed by atoms with E-state index < -0.39 is 0 Å². The summed E-state index contributed by atoms with van der Waals surface area (Å²) in [6.45, 7) is 0.426. The third kappa shape index (κ3) is 9.11. The van der Waals surface area contributed by atoms with E-state index >= 15 is 0 Å². The summed E-state index contributed by atoms with van der Waals surface area (Å²) in [4.78, 5) is 4.86. The first-order valence-corrected chi connectivity index (χ1v) is 8.57. The van der Waals surface area contributed by atoms with E-state index in [0.717, 1.165) is 0 Å². The van der Waals surface area contributed by atoms with Crippen LogP contribution in [0.25, 0.3) is 0 Å². The molecule has 0 aliphatic carbocycles. The van der Waals surface area contributed by atoms with Crippen molar-refractivity contribution < 1.29 is 14.3 Å². The van der Waals surface area contributed by atoms with Crippen LogP contribution in [-0.2, 0) is 4.84 Å². The molecule has 4 nitrogen and oxygen atoms in total. The molecule has 1 rings (SSSR count). The highest BCUT2D eigenvalue weighted by Crippen LogP contribution is 2.36. The first kappa shape index (κ1) is 21.6. The fourth-order valence-corrected chi connectivity index (χ4v) is 2.13. The molecule has 0 radical (unpaired) electrons. The molecular formula is C14H11Cl6NO3. The maximum atomic E-state index is 6.10. The van der Waals surface area contributed by atoms with Crippen molar-refractivity contribution in [3.63, 3.8) is 0 Å². The summed E-state index contributed by atoms with van der Waals surface area (Å²) in [5, 5.41) is 4.20. The number of oxime groups is 1. The number of hydrogen-bond donors (Lipinski definition) is 0. The van der Waals surface area contributed by atoms with Crippen molar-refractivity contribution in [2.45, 2.75) is 0 Å². The molecule has 1 aromatic rings. The molecule has 0 bridgehead atoms. The first-order chi connectivity index (χ1) is 11.4. The first-order valence-electron chi connectivity index (χ1n) is 6.31. The Morgan fingerprint density at radius 1 is 0.875 bits per heavy atom. The average molecular weight is 454 g/mol. The minimum absolute atomic E-state index is 0.0998. The van der Waals surface area contributed by atoms with E-state index in [2.05, 4.69) is 5.16 Å². The molecule has 0 unspecified atom stereocenters. The molecule has 0 saturated heterocycles. The lowest BCUT2D eigenvalue weighted by Gasteiger charge is -2.10. The van der Waals surface area contributed by atoms with Gasteiger partial charge in [-0.1, -0.05) is 74.8 Å². The van der Waals surface area contributed by atoms with Crippen LogP contribution in [0, 0.1) is 0 Å². The maximum Gasteiger partial charge on any atom is 0.157 e. The van der Waals surface area contributed by atoms with Crippen molar-refractivity contribution >= 4 is 75.8 Å². The molecule has 0 aromatic heterocycles. The van der Waals surface area contributed by atoms with E-state index in [1.54, 1.807) is 12.1 Å². The Labute approximate surface area is 169 Å². The van der Waals surface area contributed by atoms with Crippen LogP contribution < -0.4 is 9.47 Å². The Morgan fingerprint density at radius 3 is 2.04 bits per heavy atom. The van der Waals surface area contributed by atoms with Gasteiger partial charge < -0.3 is 14.3 Å². The normalized spacial score (nSPS) is 10.4. The van der Waals surface area contributed by atoms with Gasteiger partial charge >= 0.3 is 0 Å². The lowest BCUT2D eigenvalue weighted by molar-refractivity contribution is 0.174. The van der Waals surface area contributed by atoms with E-state index in [9.17, 15) is 0 Å². The molecule has 0 N–H and O–H groups in total. The molecule has 1 aromatic carbocycles. The zero-order valence-electron chi connectivity index (χ0n) is 11.9. The Kier molecular flexibility index (Phi) is 10.7. The molecule has 0 fully saturated rings. The smallest absolute Gasteiger partial charge is 0.157 e. The summed E-state index contributed by atoms with van der Waals surface area (Å²) < 4.78 is 11.0. The highest BCUT2D eigenvalue weighted by atomic mass is 35.5. The third-order valence-electron chi connectivity index (χ3n) is 2.22. The van der Waals surface area contributed by atoms with Crippen molar-refractivity contribution in [2.24, 2.45) is 5.16 Å². The second-order valence-corrected chi connectivity index (χ2v) is 6.74. The molecule has 0 atom stereocenters. The van der Waals surface area contributed by atoms with Crippen molar-refractivity contribution in [2.75, 3.05) is 19.8 Å². The van der Waals surface area contributed by atoms with Crippen molar-refractivity contribution in [1.82, 2.24) is 0 Å². The van der Waals surface area contributed by atoms with E-state index in [-0.39, 0.29) is 38.8 Å². The van der Waals surface area contributed by atoms with Crippen LogP contribution in [0.2, 0.25) is 10.0 Å². The number of nitrogens with zero attached hydrogens (tertiary/aromatic N) is 1. The number of hydrogen-bond acceptors (Lipinski definition) is 4. The summed E-state index contributed by atoms with van der Waals surface area (Å²) in [6, 6.07) is 3.11. The second-order valence-electron chi connectivity index (χ2n) is 3.91. The highest BCUT2D eigenvalue weighted by Gasteiger charge is 2.10. The van der Waals surface area contributed by atoms with Gasteiger partial charge in [-0.15, -0.1) is 0 Å². The SMILES string of the molecule is ClC(Cl)=CCON=CCOc1c(Cl)cc(OCC=C(Cl)Cl)cc1Cl. The van der Waals surface area contributed by atoms with E-state index in [1.165, 1.54) is 18.4 Å². The Morgan fingerprint density at radius 2 is 1.46 bits per heavy atom. The zero-order chi connectivity index (χ0) is 17.9. The molecular weight excluding hydrogens is 443 g/mol. The third-order valence-corrected chi connectivity index (χ3v) is 3.40. The number of ether oxygens (including phenoxy) is 2. The molecule has 0 saturated carbocycles. The summed E-state index contributed by atoms with van der Waals surface area (Å²) >= 11 is 34.0. The molecule has 10 heteroatoms. The minimum atomic E-state index is 0.0998. The lowest BCUT2D eigenvalue weighted by atomic mass is 10.3. The van der Waals surface area contributed by atoms with Crippen molar-refractivity contribution in [1.29, 1.82) is 0 Å². The Bertz CT molecular complexity index is 602. The summed E-state index contributed by atoms with van der Waals surface area (Å²) in [5.41, 5.74) is 0. The van der Waals surface area contributed by atoms with Crippen molar-refractivity contribution in [3.05, 3.63) is 43.3 Å². The van der Waals surface area contributed by atoms with Gasteiger partial charge in [-0.25, -0.2) is 0 Å². The zero-order valence-corrected chi connectivity index (χ0v) is 16.5. The standard InChI is InChI=1S/C14H11Cl6NO3/c15-10-7-9(22-4-1-12(17)18)8-11(16)14(10)23-6-3-21-24-5-2-13(19)20/h1-3,7-8H,4-6H2. The number of halogens is 6. The van der Waals surface area contributed by atoms with Crippen LogP contribution in [0.1, 0.15) is 0 Å². The van der Waals surface area contributed by atoms with Crippen LogP contribution in [0.5, 0.6) is 11.5 Å². The molecule has 0 heterocycles. The van der Waals surface area contributed by atoms with Gasteiger partial charge in [0.05, 0.1) is 16.3 Å². The molecule has 0 aliphatic rings. The van der Waals surface area contributed by atoms with Crippen LogP contribution in [0.3, 0.4) is 0 Å². The van der Waals surface area contributed by atoms with Gasteiger partial charge in [-0.3, -0.25) is 0 Å². The fourth-order valence-electron chi connectivity index (χ4n) is 1.31. The molecule has 0 amide bonds. The number of benzene rings is 1. The fraction of sp³-hybridized carbons (Fsp3) is 0.214. The predicted molar refractivity (Wildman–Crippen MR) is 101 cm³/mol. The predicted octanol–water partition coefficient (Wildman–Crippen LogP) is 6.39. The largest absolute Gasteiger partial charge is 0.489 e. The molecule has 132 valence electrons. The molecule has 24 heavy (non-hydrogen) atoms. The van der Waals surface area contributed by atoms with Gasteiger partial charge in [0.15, 0.2) is 5.75 Å². The quantitative estimate of drug-likeness (QED) is 0.247. The molecule has 0 spiro atoms. The lowest BCUT2D eigenvalue weighted by Crippen LogP contribution is -2.01. The summed E-state index contributed by atoms with van der Waals surface area (Å²) in [6.07, 6.45) is 4.32. The minimum Gasteiger partial charge on any atom is -0.489 e. The van der Waals surface area contributed by atoms with Crippen LogP contribution in [0.4, 0.5) is 0 Å². The molecule has 0 aliphatic heterocycles. The summed E-state index contributed by atoms with van der Waals surface area (Å²) in [7, 11) is 0. The van der Waals surface area contributed by atoms with Crippen LogP contribution >= 0.6 is 69.6 Å². The van der Waals surface area contributed by atoms with Gasteiger partial charge in [0.2, 0.25) is 0 Å². The Balaban J connectivity index is 2.52. The van der Waals surface area contributed by atoms with E-state index in [4.69, 9.17) is 83.9 Å². The van der Waals surface area contributed by atoms with Gasteiger partial charge in [0.25, 0.3) is 0 Å². The monoisotopic (exact) mass is 451 g/mol. The van der Waals surface area contributed by atoms with Crippen molar-refractivity contribution in [3.8, 4) is 11.5 Å². The van der Waals surface area contributed by atoms with E-state index in [1.807, 2.05) is 0 Å². The van der Waals surface area contributed by atoms with Gasteiger partial charge in [-0.05, 0) is 12.2 Å². The van der Waals surface area contributed by atoms with Crippen LogP contribution in [0.15, 0.2) is 38.4 Å². The maximum absolute atomic E-state index is 6.10. The van der Waals surface area contributed by atoms with Gasteiger partial charge in [-0.2, -0.15) is 0 Å². The van der Waals surface area contributed by atoms with Crippen LogP contribution in [-0.4, -0.2) is 26.0 Å². The summed E-state index contributed by atoms with van der Waals surface area (Å²) in [5.74, 6) is 0.747. The topological polar surface area (TPSA) is 40.0 Å². The Hall–Kier alpha value is -0.490. The second kappa shape index (κ2) is 12.0. The van der Waals surface area contributed by atoms with Gasteiger partial charge in [0, 0.05) is 12.1 Å². The van der Waals surface area contributed by atoms with E-state index in [0.29, 0.717) is 11.5 Å². The van der Waals surface area contributed by atoms with Gasteiger partial charge in [0.1, 0.15) is 34.6 Å².